The Morgan fingerprint density at radius 2 is 1.87 bits per heavy atom. The Kier molecular flexibility index (Phi) is 6.58. The summed E-state index contributed by atoms with van der Waals surface area (Å²) in [6.07, 6.45) is -3.76. The van der Waals surface area contributed by atoms with Crippen molar-refractivity contribution < 1.29 is 41.8 Å². The normalized spacial score (nSPS) is 15.5. The maximum Gasteiger partial charge on any atom is 0.573 e. The van der Waals surface area contributed by atoms with E-state index in [-0.39, 0.29) is 30.3 Å². The fourth-order valence-corrected chi connectivity index (χ4v) is 2.50. The van der Waals surface area contributed by atoms with Crippen LogP contribution in [0, 0.1) is 0 Å². The molecule has 1 aromatic heterocycles. The largest absolute Gasteiger partial charge is 0.573 e. The molecule has 0 unspecified atom stereocenters. The summed E-state index contributed by atoms with van der Waals surface area (Å²) in [7, 11) is 1.20. The summed E-state index contributed by atoms with van der Waals surface area (Å²) in [5.74, 6) is -0.971. The van der Waals surface area contributed by atoms with E-state index in [4.69, 9.17) is 9.57 Å². The van der Waals surface area contributed by atoms with Gasteiger partial charge in [0, 0.05) is 0 Å². The van der Waals surface area contributed by atoms with Crippen molar-refractivity contribution >= 4 is 17.8 Å². The number of esters is 1. The highest BCUT2D eigenvalue weighted by atomic mass is 19.4. The first-order valence-electron chi connectivity index (χ1n) is 8.81. The van der Waals surface area contributed by atoms with Gasteiger partial charge in [0.05, 0.1) is 19.7 Å². The van der Waals surface area contributed by atoms with Crippen molar-refractivity contribution in [3.8, 4) is 11.5 Å². The Balaban J connectivity index is 1.52. The number of benzene rings is 1. The van der Waals surface area contributed by atoms with Crippen LogP contribution in [0.15, 0.2) is 47.8 Å². The van der Waals surface area contributed by atoms with Crippen molar-refractivity contribution in [3.05, 3.63) is 53.9 Å². The van der Waals surface area contributed by atoms with Crippen molar-refractivity contribution in [2.45, 2.75) is 18.9 Å². The molecule has 9 nitrogen and oxygen atoms in total. The minimum atomic E-state index is -4.76. The number of amides is 1. The van der Waals surface area contributed by atoms with Crippen molar-refractivity contribution in [2.24, 2.45) is 5.16 Å². The average molecular weight is 439 g/mol. The Morgan fingerprint density at radius 3 is 2.48 bits per heavy atom. The molecule has 0 spiro atoms. The third-order valence-corrected chi connectivity index (χ3v) is 3.95. The molecule has 164 valence electrons. The second kappa shape index (κ2) is 9.32. The van der Waals surface area contributed by atoms with Crippen molar-refractivity contribution in [1.82, 2.24) is 10.3 Å². The van der Waals surface area contributed by atoms with Crippen molar-refractivity contribution in [1.29, 1.82) is 0 Å². The van der Waals surface area contributed by atoms with Crippen LogP contribution in [0.25, 0.3) is 0 Å². The molecule has 1 amide bonds. The molecular weight excluding hydrogens is 423 g/mol. The molecule has 1 N–H and O–H groups in total. The number of hydrogen-bond donors (Lipinski definition) is 1. The van der Waals surface area contributed by atoms with Gasteiger partial charge in [-0.25, -0.2) is 4.98 Å². The van der Waals surface area contributed by atoms with E-state index < -0.39 is 24.3 Å². The monoisotopic (exact) mass is 439 g/mol. The van der Waals surface area contributed by atoms with Crippen LogP contribution >= 0.6 is 0 Å². The lowest BCUT2D eigenvalue weighted by Crippen LogP contribution is -2.30. The first kappa shape index (κ1) is 21.9. The summed E-state index contributed by atoms with van der Waals surface area (Å²) in [6, 6.07) is 8.12. The molecule has 3 rings (SSSR count). The highest BCUT2D eigenvalue weighted by molar-refractivity contribution is 5.94. The van der Waals surface area contributed by atoms with Gasteiger partial charge in [0.1, 0.15) is 23.7 Å². The second-order valence-electron chi connectivity index (χ2n) is 6.14. The van der Waals surface area contributed by atoms with Crippen LogP contribution in [0.2, 0.25) is 0 Å². The van der Waals surface area contributed by atoms with Gasteiger partial charge >= 0.3 is 12.3 Å². The van der Waals surface area contributed by atoms with Gasteiger partial charge in [-0.05, 0) is 29.8 Å². The van der Waals surface area contributed by atoms with E-state index in [1.165, 1.54) is 49.7 Å². The van der Waals surface area contributed by atoms with Crippen LogP contribution in [0.5, 0.6) is 11.5 Å². The second-order valence-corrected chi connectivity index (χ2v) is 6.14. The smallest absolute Gasteiger partial charge is 0.468 e. The van der Waals surface area contributed by atoms with Crippen LogP contribution < -0.4 is 14.8 Å². The highest BCUT2D eigenvalue weighted by Crippen LogP contribution is 2.30. The van der Waals surface area contributed by atoms with E-state index in [0.717, 1.165) is 0 Å². The molecule has 1 aliphatic heterocycles. The molecule has 2 aromatic rings. The van der Waals surface area contributed by atoms with E-state index >= 15 is 0 Å². The number of pyridine rings is 1. The Bertz CT molecular complexity index is 961. The Morgan fingerprint density at radius 1 is 1.16 bits per heavy atom. The molecule has 1 atom stereocenters. The number of rotatable bonds is 6. The number of halogens is 3. The molecule has 31 heavy (non-hydrogen) atoms. The summed E-state index contributed by atoms with van der Waals surface area (Å²) in [5, 5.41) is 6.16. The molecule has 0 saturated heterocycles. The first-order chi connectivity index (χ1) is 14.7. The number of carbonyl (C=O) groups is 2. The molecule has 0 aliphatic carbocycles. The number of methoxy groups -OCH3 is 1. The minimum absolute atomic E-state index is 0.0694. The number of nitrogens with one attached hydrogen (secondary N) is 1. The minimum Gasteiger partial charge on any atom is -0.468 e. The molecular formula is C19H16F3N3O6. The van der Waals surface area contributed by atoms with Gasteiger partial charge in [0.2, 0.25) is 5.90 Å². The van der Waals surface area contributed by atoms with E-state index in [0.29, 0.717) is 11.3 Å². The lowest BCUT2D eigenvalue weighted by molar-refractivity contribution is -0.274. The standard InChI is InChI=1S/C19H16F3N3O6/c1-28-17(26)10-24-18(27)14-7-6-13(9-23-14)29-16-8-15(31-25-16)11-2-4-12(5-3-11)30-19(20,21)22/h2-7,9,15H,8,10H2,1H3,(H,24,27)/t15-/m1/s1. The maximum atomic E-state index is 12.2. The Labute approximate surface area is 173 Å². The van der Waals surface area contributed by atoms with Crippen LogP contribution in [0.1, 0.15) is 28.6 Å². The molecule has 12 heteroatoms. The zero-order chi connectivity index (χ0) is 22.4. The zero-order valence-corrected chi connectivity index (χ0v) is 16.0. The zero-order valence-electron chi connectivity index (χ0n) is 16.0. The maximum absolute atomic E-state index is 12.2. The SMILES string of the molecule is COC(=O)CNC(=O)c1ccc(OC2=NO[C@@H](c3ccc(OC(F)(F)F)cc3)C2)cn1. The Hall–Kier alpha value is -3.83. The van der Waals surface area contributed by atoms with Gasteiger partial charge in [-0.3, -0.25) is 9.59 Å². The van der Waals surface area contributed by atoms with E-state index in [1.807, 2.05) is 0 Å². The molecule has 0 saturated carbocycles. The third kappa shape index (κ3) is 6.32. The van der Waals surface area contributed by atoms with Crippen LogP contribution in [-0.4, -0.2) is 42.8 Å². The van der Waals surface area contributed by atoms with Crippen LogP contribution in [0.3, 0.4) is 0 Å². The van der Waals surface area contributed by atoms with E-state index in [2.05, 4.69) is 24.9 Å². The topological polar surface area (TPSA) is 108 Å². The summed E-state index contributed by atoms with van der Waals surface area (Å²) in [5.41, 5.74) is 0.660. The number of oxime groups is 1. The molecule has 0 fully saturated rings. The summed E-state index contributed by atoms with van der Waals surface area (Å²) in [4.78, 5) is 32.1. The lowest BCUT2D eigenvalue weighted by atomic mass is 10.1. The van der Waals surface area contributed by atoms with Gasteiger partial charge in [-0.15, -0.1) is 13.2 Å². The van der Waals surface area contributed by atoms with Crippen molar-refractivity contribution in [3.63, 3.8) is 0 Å². The number of hydrogen-bond acceptors (Lipinski definition) is 8. The van der Waals surface area contributed by atoms with Crippen LogP contribution in [-0.2, 0) is 14.4 Å². The summed E-state index contributed by atoms with van der Waals surface area (Å²) >= 11 is 0. The number of ether oxygens (including phenoxy) is 3. The fourth-order valence-electron chi connectivity index (χ4n) is 2.50. The summed E-state index contributed by atoms with van der Waals surface area (Å²) < 4.78 is 50.5. The van der Waals surface area contributed by atoms with Gasteiger partial charge in [0.25, 0.3) is 5.91 Å². The molecule has 2 heterocycles. The molecule has 0 bridgehead atoms. The lowest BCUT2D eigenvalue weighted by Gasteiger charge is -2.11. The van der Waals surface area contributed by atoms with Gasteiger partial charge < -0.3 is 24.4 Å². The fraction of sp³-hybridized carbons (Fsp3) is 0.263. The quantitative estimate of drug-likeness (QED) is 0.690. The van der Waals surface area contributed by atoms with Crippen molar-refractivity contribution in [2.75, 3.05) is 13.7 Å². The van der Waals surface area contributed by atoms with Gasteiger partial charge in [-0.1, -0.05) is 17.3 Å². The molecule has 0 radical (unpaired) electrons. The predicted molar refractivity (Wildman–Crippen MR) is 98.2 cm³/mol. The molecule has 1 aliphatic rings. The average Bonchev–Trinajstić information content (AvgIpc) is 3.20. The highest BCUT2D eigenvalue weighted by Gasteiger charge is 2.31. The predicted octanol–water partition coefficient (Wildman–Crippen LogP) is 2.74. The van der Waals surface area contributed by atoms with E-state index in [9.17, 15) is 22.8 Å². The van der Waals surface area contributed by atoms with E-state index in [1.54, 1.807) is 0 Å². The third-order valence-electron chi connectivity index (χ3n) is 3.95. The number of alkyl halides is 3. The van der Waals surface area contributed by atoms with Gasteiger partial charge in [0.15, 0.2) is 6.10 Å². The van der Waals surface area contributed by atoms with Gasteiger partial charge in [-0.2, -0.15) is 0 Å². The molecule has 1 aromatic carbocycles. The first-order valence-corrected chi connectivity index (χ1v) is 8.81. The number of nitrogens with zero attached hydrogens (tertiary/aromatic N) is 2. The summed E-state index contributed by atoms with van der Waals surface area (Å²) in [6.45, 7) is -0.284. The number of aromatic nitrogens is 1. The number of carbonyl (C=O) groups excluding carboxylic acids is 2. The van der Waals surface area contributed by atoms with Crippen LogP contribution in [0.4, 0.5) is 13.2 Å².